The van der Waals surface area contributed by atoms with Crippen LogP contribution in [0, 0.1) is 0 Å². The van der Waals surface area contributed by atoms with Crippen molar-refractivity contribution in [3.63, 3.8) is 0 Å². The van der Waals surface area contributed by atoms with E-state index in [-0.39, 0.29) is 24.4 Å². The van der Waals surface area contributed by atoms with E-state index in [1.54, 1.807) is 18.2 Å². The average molecular weight is 279 g/mol. The predicted molar refractivity (Wildman–Crippen MR) is 75.6 cm³/mol. The summed E-state index contributed by atoms with van der Waals surface area (Å²) >= 11 is 0. The summed E-state index contributed by atoms with van der Waals surface area (Å²) in [4.78, 5) is 22.9. The first kappa shape index (κ1) is 16.2. The van der Waals surface area contributed by atoms with Crippen LogP contribution in [0.3, 0.4) is 0 Å². The van der Waals surface area contributed by atoms with Crippen molar-refractivity contribution >= 4 is 11.9 Å². The van der Waals surface area contributed by atoms with E-state index in [1.807, 2.05) is 13.8 Å². The lowest BCUT2D eigenvalue weighted by Crippen LogP contribution is -2.42. The molecule has 0 heterocycles. The van der Waals surface area contributed by atoms with Gasteiger partial charge < -0.3 is 15.5 Å². The Bertz CT molecular complexity index is 481. The molecular weight excluding hydrogens is 258 g/mol. The van der Waals surface area contributed by atoms with Crippen molar-refractivity contribution < 1.29 is 19.8 Å². The monoisotopic (exact) mass is 279 g/mol. The Balaban J connectivity index is 2.66. The van der Waals surface area contributed by atoms with E-state index < -0.39 is 11.6 Å². The number of benzene rings is 1. The normalized spacial score (nSPS) is 11.2. The summed E-state index contributed by atoms with van der Waals surface area (Å²) in [7, 11) is 0. The minimum absolute atomic E-state index is 0.00795. The number of amides is 1. The number of carbonyl (C=O) groups excluding carboxylic acids is 1. The van der Waals surface area contributed by atoms with Crippen LogP contribution in [-0.2, 0) is 11.2 Å². The van der Waals surface area contributed by atoms with Gasteiger partial charge in [-0.3, -0.25) is 4.79 Å². The van der Waals surface area contributed by atoms with Crippen LogP contribution >= 0.6 is 0 Å². The van der Waals surface area contributed by atoms with E-state index in [9.17, 15) is 14.7 Å². The molecule has 0 aliphatic heterocycles. The Kier molecular flexibility index (Phi) is 5.70. The van der Waals surface area contributed by atoms with Gasteiger partial charge in [-0.1, -0.05) is 32.0 Å². The summed E-state index contributed by atoms with van der Waals surface area (Å²) in [5, 5.41) is 21.8. The van der Waals surface area contributed by atoms with E-state index >= 15 is 0 Å². The molecule has 0 saturated heterocycles. The molecule has 5 heteroatoms. The fourth-order valence-electron chi connectivity index (χ4n) is 1.88. The van der Waals surface area contributed by atoms with Gasteiger partial charge in [0.2, 0.25) is 5.91 Å². The molecule has 0 fully saturated rings. The molecule has 1 aromatic carbocycles. The topological polar surface area (TPSA) is 86.6 Å². The number of aliphatic hydroxyl groups is 1. The summed E-state index contributed by atoms with van der Waals surface area (Å²) in [6, 6.07) is 6.41. The Labute approximate surface area is 118 Å². The maximum atomic E-state index is 11.9. The first-order valence-electron chi connectivity index (χ1n) is 6.72. The number of carboxylic acid groups (broad SMARTS) is 1. The van der Waals surface area contributed by atoms with Crippen molar-refractivity contribution in [3.05, 3.63) is 35.4 Å². The highest BCUT2D eigenvalue weighted by atomic mass is 16.4. The molecule has 20 heavy (non-hydrogen) atoms. The van der Waals surface area contributed by atoms with Gasteiger partial charge in [0.25, 0.3) is 0 Å². The molecule has 1 rings (SSSR count). The van der Waals surface area contributed by atoms with Gasteiger partial charge in [0.1, 0.15) is 0 Å². The highest BCUT2D eigenvalue weighted by molar-refractivity contribution is 5.91. The molecule has 0 aliphatic carbocycles. The molecule has 0 radical (unpaired) electrons. The molecule has 0 bridgehead atoms. The molecule has 0 unspecified atom stereocenters. The van der Waals surface area contributed by atoms with E-state index in [1.165, 1.54) is 6.07 Å². The second kappa shape index (κ2) is 7.05. The van der Waals surface area contributed by atoms with Gasteiger partial charge >= 0.3 is 5.97 Å². The number of aromatic carboxylic acids is 1. The molecule has 1 aromatic rings. The largest absolute Gasteiger partial charge is 0.478 e. The van der Waals surface area contributed by atoms with Crippen molar-refractivity contribution in [1.29, 1.82) is 0 Å². The zero-order valence-corrected chi connectivity index (χ0v) is 11.8. The van der Waals surface area contributed by atoms with Crippen LogP contribution in [0.5, 0.6) is 0 Å². The van der Waals surface area contributed by atoms with Crippen molar-refractivity contribution in [1.82, 2.24) is 5.32 Å². The summed E-state index contributed by atoms with van der Waals surface area (Å²) < 4.78 is 0. The number of hydrogen-bond donors (Lipinski definition) is 3. The van der Waals surface area contributed by atoms with Crippen molar-refractivity contribution in [2.75, 3.05) is 6.54 Å². The van der Waals surface area contributed by atoms with Gasteiger partial charge in [0.05, 0.1) is 17.6 Å². The lowest BCUT2D eigenvalue weighted by molar-refractivity contribution is -0.121. The molecule has 0 saturated carbocycles. The molecule has 0 aromatic heterocycles. The first-order chi connectivity index (χ1) is 9.41. The lowest BCUT2D eigenvalue weighted by Gasteiger charge is -2.25. The average Bonchev–Trinajstić information content (AvgIpc) is 2.45. The summed E-state index contributed by atoms with van der Waals surface area (Å²) in [5.41, 5.74) is -0.306. The van der Waals surface area contributed by atoms with Gasteiger partial charge in [0, 0.05) is 6.54 Å². The van der Waals surface area contributed by atoms with Crippen molar-refractivity contribution in [2.45, 2.75) is 38.7 Å². The van der Waals surface area contributed by atoms with E-state index in [2.05, 4.69) is 5.32 Å². The second-order valence-corrected chi connectivity index (χ2v) is 4.85. The van der Waals surface area contributed by atoms with E-state index in [4.69, 9.17) is 5.11 Å². The molecule has 0 spiro atoms. The zero-order chi connectivity index (χ0) is 15.2. The lowest BCUT2D eigenvalue weighted by atomic mass is 9.97. The van der Waals surface area contributed by atoms with Crippen molar-refractivity contribution in [2.24, 2.45) is 0 Å². The van der Waals surface area contributed by atoms with Gasteiger partial charge in [0.15, 0.2) is 0 Å². The summed E-state index contributed by atoms with van der Waals surface area (Å²) in [6.07, 6.45) is 1.09. The molecule has 1 amide bonds. The third-order valence-electron chi connectivity index (χ3n) is 3.53. The Morgan fingerprint density at radius 1 is 1.20 bits per heavy atom. The van der Waals surface area contributed by atoms with Crippen LogP contribution in [0.4, 0.5) is 0 Å². The predicted octanol–water partition coefficient (Wildman–Crippen LogP) is 1.59. The number of rotatable bonds is 7. The van der Waals surface area contributed by atoms with Crippen LogP contribution in [0.1, 0.15) is 42.6 Å². The van der Waals surface area contributed by atoms with Crippen LogP contribution in [0.2, 0.25) is 0 Å². The Hall–Kier alpha value is -1.88. The Morgan fingerprint density at radius 3 is 2.35 bits per heavy atom. The van der Waals surface area contributed by atoms with Gasteiger partial charge in [-0.2, -0.15) is 0 Å². The van der Waals surface area contributed by atoms with Crippen LogP contribution < -0.4 is 5.32 Å². The van der Waals surface area contributed by atoms with Crippen LogP contribution in [-0.4, -0.2) is 34.2 Å². The quantitative estimate of drug-likeness (QED) is 0.707. The molecule has 0 atom stereocenters. The summed E-state index contributed by atoms with van der Waals surface area (Å²) in [5.74, 6) is -1.34. The van der Waals surface area contributed by atoms with E-state index in [0.717, 1.165) is 0 Å². The fourth-order valence-corrected chi connectivity index (χ4v) is 1.88. The molecular formula is C15H21NO4. The standard InChI is InChI=1S/C15H21NO4/c1-3-15(20,4-2)10-16-13(17)9-11-7-5-6-8-12(11)14(18)19/h5-8,20H,3-4,9-10H2,1-2H3,(H,16,17)(H,18,19). The zero-order valence-electron chi connectivity index (χ0n) is 11.8. The van der Waals surface area contributed by atoms with Crippen LogP contribution in [0.15, 0.2) is 24.3 Å². The van der Waals surface area contributed by atoms with Gasteiger partial charge in [-0.15, -0.1) is 0 Å². The first-order valence-corrected chi connectivity index (χ1v) is 6.72. The maximum Gasteiger partial charge on any atom is 0.335 e. The highest BCUT2D eigenvalue weighted by Crippen LogP contribution is 2.13. The summed E-state index contributed by atoms with van der Waals surface area (Å²) in [6.45, 7) is 3.89. The van der Waals surface area contributed by atoms with Gasteiger partial charge in [-0.25, -0.2) is 4.79 Å². The SMILES string of the molecule is CCC(O)(CC)CNC(=O)Cc1ccccc1C(=O)O. The smallest absolute Gasteiger partial charge is 0.335 e. The molecule has 110 valence electrons. The molecule has 5 nitrogen and oxygen atoms in total. The van der Waals surface area contributed by atoms with Crippen molar-refractivity contribution in [3.8, 4) is 0 Å². The minimum atomic E-state index is -1.05. The second-order valence-electron chi connectivity index (χ2n) is 4.85. The number of nitrogens with one attached hydrogen (secondary N) is 1. The van der Waals surface area contributed by atoms with Crippen LogP contribution in [0.25, 0.3) is 0 Å². The number of carbonyl (C=O) groups is 2. The van der Waals surface area contributed by atoms with Gasteiger partial charge in [-0.05, 0) is 24.5 Å². The minimum Gasteiger partial charge on any atom is -0.478 e. The third-order valence-corrected chi connectivity index (χ3v) is 3.53. The molecule has 0 aliphatic rings. The molecule has 3 N–H and O–H groups in total. The number of carboxylic acids is 1. The maximum absolute atomic E-state index is 11.9. The third kappa shape index (κ3) is 4.35. The fraction of sp³-hybridized carbons (Fsp3) is 0.467. The number of hydrogen-bond acceptors (Lipinski definition) is 3. The van der Waals surface area contributed by atoms with E-state index in [0.29, 0.717) is 18.4 Å². The Morgan fingerprint density at radius 2 is 1.80 bits per heavy atom. The highest BCUT2D eigenvalue weighted by Gasteiger charge is 2.23.